The second-order valence-corrected chi connectivity index (χ2v) is 9.27. The van der Waals surface area contributed by atoms with E-state index in [2.05, 4.69) is 9.71 Å². The van der Waals surface area contributed by atoms with Crippen LogP contribution in [-0.2, 0) is 21.2 Å². The molecule has 2 N–H and O–H groups in total. The molecular weight excluding hydrogens is 412 g/mol. The maximum absolute atomic E-state index is 12.2. The highest BCUT2D eigenvalue weighted by Gasteiger charge is 2.15. The van der Waals surface area contributed by atoms with Crippen LogP contribution in [0.4, 0.5) is 0 Å². The number of sulfonamides is 1. The van der Waals surface area contributed by atoms with Gasteiger partial charge in [0.05, 0.1) is 4.90 Å². The number of unbranched alkanes of at least 4 members (excludes halogenated alkanes) is 1. The number of pyridine rings is 1. The third-order valence-electron chi connectivity index (χ3n) is 4.72. The molecule has 6 nitrogen and oxygen atoms in total. The smallest absolute Gasteiger partial charge is 0.303 e. The van der Waals surface area contributed by atoms with Crippen LogP contribution in [0.1, 0.15) is 44.1 Å². The third kappa shape index (κ3) is 8.94. The molecular formula is C21H27ClN2O4S. The van der Waals surface area contributed by atoms with Crippen LogP contribution in [0.15, 0.2) is 53.7 Å². The number of nitrogens with zero attached hydrogens (tertiary/aromatic N) is 1. The topological polar surface area (TPSA) is 96.4 Å². The van der Waals surface area contributed by atoms with Crippen LogP contribution < -0.4 is 4.72 Å². The van der Waals surface area contributed by atoms with Gasteiger partial charge in [-0.25, -0.2) is 13.1 Å². The number of aryl methyl sites for hydroxylation is 1. The van der Waals surface area contributed by atoms with Crippen LogP contribution in [0.2, 0.25) is 5.02 Å². The van der Waals surface area contributed by atoms with Crippen molar-refractivity contribution in [3.05, 3.63) is 59.4 Å². The summed E-state index contributed by atoms with van der Waals surface area (Å²) in [5.41, 5.74) is 1.15. The molecule has 0 radical (unpaired) electrons. The molecule has 8 heteroatoms. The van der Waals surface area contributed by atoms with Crippen molar-refractivity contribution in [1.29, 1.82) is 0 Å². The minimum absolute atomic E-state index is 0.0945. The maximum Gasteiger partial charge on any atom is 0.303 e. The summed E-state index contributed by atoms with van der Waals surface area (Å²) >= 11 is 5.78. The Balaban J connectivity index is 1.71. The van der Waals surface area contributed by atoms with Crippen molar-refractivity contribution >= 4 is 27.6 Å². The lowest BCUT2D eigenvalue weighted by Crippen LogP contribution is -2.24. The predicted octanol–water partition coefficient (Wildman–Crippen LogP) is 4.30. The molecule has 0 saturated heterocycles. The van der Waals surface area contributed by atoms with Crippen LogP contribution >= 0.6 is 11.6 Å². The quantitative estimate of drug-likeness (QED) is 0.454. The Morgan fingerprint density at radius 1 is 1.10 bits per heavy atom. The summed E-state index contributed by atoms with van der Waals surface area (Å²) in [5.74, 6) is -0.697. The molecule has 158 valence electrons. The van der Waals surface area contributed by atoms with Gasteiger partial charge in [-0.15, -0.1) is 0 Å². The zero-order valence-corrected chi connectivity index (χ0v) is 17.8. The number of halogens is 1. The normalized spacial score (nSPS) is 12.6. The molecule has 0 aliphatic rings. The summed E-state index contributed by atoms with van der Waals surface area (Å²) < 4.78 is 27.0. The highest BCUT2D eigenvalue weighted by atomic mass is 35.5. The highest BCUT2D eigenvalue weighted by molar-refractivity contribution is 7.89. The van der Waals surface area contributed by atoms with Gasteiger partial charge >= 0.3 is 5.97 Å². The molecule has 0 saturated carbocycles. The van der Waals surface area contributed by atoms with Gasteiger partial charge in [-0.05, 0) is 73.9 Å². The number of hydrogen-bond acceptors (Lipinski definition) is 4. The molecule has 1 unspecified atom stereocenters. The van der Waals surface area contributed by atoms with Gasteiger partial charge in [0, 0.05) is 30.4 Å². The Kier molecular flexibility index (Phi) is 9.57. The first-order valence-electron chi connectivity index (χ1n) is 9.73. The van der Waals surface area contributed by atoms with E-state index in [1.807, 2.05) is 18.3 Å². The van der Waals surface area contributed by atoms with E-state index in [1.165, 1.54) is 24.3 Å². The van der Waals surface area contributed by atoms with Gasteiger partial charge in [0.1, 0.15) is 0 Å². The van der Waals surface area contributed by atoms with Crippen LogP contribution in [0.25, 0.3) is 0 Å². The van der Waals surface area contributed by atoms with Gasteiger partial charge in [-0.2, -0.15) is 0 Å². The van der Waals surface area contributed by atoms with Crippen molar-refractivity contribution in [2.24, 2.45) is 5.92 Å². The SMILES string of the molecule is O=C(O)CC(CCCCNS(=O)(=O)c1ccc(Cl)cc1)CCCc1cccnc1. The molecule has 2 rings (SSSR count). The zero-order valence-electron chi connectivity index (χ0n) is 16.3. The number of carboxylic acids is 1. The van der Waals surface area contributed by atoms with E-state index in [0.29, 0.717) is 18.0 Å². The van der Waals surface area contributed by atoms with Gasteiger partial charge < -0.3 is 5.11 Å². The fourth-order valence-electron chi connectivity index (χ4n) is 3.20. The number of carboxylic acid groups (broad SMARTS) is 1. The summed E-state index contributed by atoms with van der Waals surface area (Å²) in [6.07, 6.45) is 8.53. The molecule has 2 aromatic rings. The molecule has 1 aromatic heterocycles. The number of aliphatic carboxylic acids is 1. The lowest BCUT2D eigenvalue weighted by Gasteiger charge is -2.15. The molecule has 0 fully saturated rings. The molecule has 0 spiro atoms. The molecule has 0 aliphatic heterocycles. The molecule has 1 aromatic carbocycles. The Morgan fingerprint density at radius 2 is 1.83 bits per heavy atom. The summed E-state index contributed by atoms with van der Waals surface area (Å²) in [7, 11) is -3.55. The minimum atomic E-state index is -3.55. The number of hydrogen-bond donors (Lipinski definition) is 2. The average molecular weight is 439 g/mol. The molecule has 1 heterocycles. The van der Waals surface area contributed by atoms with Crippen molar-refractivity contribution in [2.75, 3.05) is 6.54 Å². The molecule has 29 heavy (non-hydrogen) atoms. The van der Waals surface area contributed by atoms with Gasteiger partial charge in [0.2, 0.25) is 10.0 Å². The fraction of sp³-hybridized carbons (Fsp3) is 0.429. The predicted molar refractivity (Wildman–Crippen MR) is 113 cm³/mol. The van der Waals surface area contributed by atoms with Crippen molar-refractivity contribution in [2.45, 2.75) is 49.8 Å². The fourth-order valence-corrected chi connectivity index (χ4v) is 4.40. The first-order chi connectivity index (χ1) is 13.9. The second kappa shape index (κ2) is 11.9. The van der Waals surface area contributed by atoms with Crippen molar-refractivity contribution in [3.8, 4) is 0 Å². The van der Waals surface area contributed by atoms with E-state index < -0.39 is 16.0 Å². The van der Waals surface area contributed by atoms with Gasteiger partial charge in [-0.3, -0.25) is 9.78 Å². The zero-order chi connectivity index (χ0) is 21.1. The van der Waals surface area contributed by atoms with Crippen molar-refractivity contribution < 1.29 is 18.3 Å². The van der Waals surface area contributed by atoms with E-state index in [9.17, 15) is 13.2 Å². The summed E-state index contributed by atoms with van der Waals surface area (Å²) in [5, 5.41) is 9.63. The van der Waals surface area contributed by atoms with Crippen LogP contribution in [0.3, 0.4) is 0 Å². The van der Waals surface area contributed by atoms with Crippen LogP contribution in [0, 0.1) is 5.92 Å². The second-order valence-electron chi connectivity index (χ2n) is 7.06. The van der Waals surface area contributed by atoms with E-state index >= 15 is 0 Å². The molecule has 0 aliphatic carbocycles. The van der Waals surface area contributed by atoms with Gasteiger partial charge in [-0.1, -0.05) is 24.1 Å². The number of carbonyl (C=O) groups is 1. The Bertz CT molecular complexity index is 858. The highest BCUT2D eigenvalue weighted by Crippen LogP contribution is 2.20. The standard InChI is InChI=1S/C21H27ClN2O4S/c22-19-9-11-20(12-10-19)29(27,28)24-14-2-1-5-17(15-21(25)26)6-3-7-18-8-4-13-23-16-18/h4,8-13,16-17,24H,1-3,5-7,14-15H2,(H,25,26). The molecule has 0 bridgehead atoms. The number of aromatic nitrogens is 1. The number of rotatable bonds is 13. The number of nitrogens with one attached hydrogen (secondary N) is 1. The van der Waals surface area contributed by atoms with Crippen LogP contribution in [0.5, 0.6) is 0 Å². The van der Waals surface area contributed by atoms with Crippen LogP contribution in [-0.4, -0.2) is 31.0 Å². The summed E-state index contributed by atoms with van der Waals surface area (Å²) in [6, 6.07) is 9.93. The van der Waals surface area contributed by atoms with E-state index in [1.54, 1.807) is 6.20 Å². The van der Waals surface area contributed by atoms with Gasteiger partial charge in [0.25, 0.3) is 0 Å². The Morgan fingerprint density at radius 3 is 2.48 bits per heavy atom. The average Bonchev–Trinajstić information content (AvgIpc) is 2.68. The molecule has 0 amide bonds. The maximum atomic E-state index is 12.2. The first-order valence-corrected chi connectivity index (χ1v) is 11.6. The van der Waals surface area contributed by atoms with E-state index in [4.69, 9.17) is 16.7 Å². The number of benzene rings is 1. The summed E-state index contributed by atoms with van der Waals surface area (Å²) in [6.45, 7) is 0.320. The van der Waals surface area contributed by atoms with Crippen molar-refractivity contribution in [3.63, 3.8) is 0 Å². The monoisotopic (exact) mass is 438 g/mol. The largest absolute Gasteiger partial charge is 0.481 e. The van der Waals surface area contributed by atoms with E-state index in [0.717, 1.165) is 37.7 Å². The van der Waals surface area contributed by atoms with Gasteiger partial charge in [0.15, 0.2) is 0 Å². The summed E-state index contributed by atoms with van der Waals surface area (Å²) in [4.78, 5) is 15.4. The van der Waals surface area contributed by atoms with E-state index in [-0.39, 0.29) is 17.2 Å². The minimum Gasteiger partial charge on any atom is -0.481 e. The van der Waals surface area contributed by atoms with Crippen molar-refractivity contribution in [1.82, 2.24) is 9.71 Å². The lowest BCUT2D eigenvalue weighted by atomic mass is 9.92. The Hall–Kier alpha value is -1.96. The third-order valence-corrected chi connectivity index (χ3v) is 6.45. The Labute approximate surface area is 177 Å². The lowest BCUT2D eigenvalue weighted by molar-refractivity contribution is -0.138. The molecule has 1 atom stereocenters. The first kappa shape index (κ1) is 23.3.